The van der Waals surface area contributed by atoms with Crippen LogP contribution >= 0.6 is 11.6 Å². The molecule has 3 heterocycles. The van der Waals surface area contributed by atoms with E-state index in [0.29, 0.717) is 39.5 Å². The fourth-order valence-corrected chi connectivity index (χ4v) is 4.05. The number of rotatable bonds is 4. The van der Waals surface area contributed by atoms with Crippen LogP contribution in [0.15, 0.2) is 48.5 Å². The maximum atomic E-state index is 13.1. The van der Waals surface area contributed by atoms with Gasteiger partial charge in [-0.25, -0.2) is 9.97 Å². The molecule has 2 aromatic heterocycles. The van der Waals surface area contributed by atoms with E-state index in [1.807, 2.05) is 36.4 Å². The van der Waals surface area contributed by atoms with E-state index in [9.17, 15) is 4.79 Å². The van der Waals surface area contributed by atoms with Crippen molar-refractivity contribution < 1.29 is 9.53 Å². The fourth-order valence-electron chi connectivity index (χ4n) is 3.86. The van der Waals surface area contributed by atoms with Gasteiger partial charge in [-0.05, 0) is 43.2 Å². The summed E-state index contributed by atoms with van der Waals surface area (Å²) < 4.78 is 7.33. The molecule has 1 aliphatic rings. The van der Waals surface area contributed by atoms with Crippen LogP contribution in [0, 0.1) is 0 Å². The number of anilines is 1. The third-order valence-corrected chi connectivity index (χ3v) is 5.54. The highest BCUT2D eigenvalue weighted by Gasteiger charge is 2.26. The summed E-state index contributed by atoms with van der Waals surface area (Å²) >= 11 is 6.20. The van der Waals surface area contributed by atoms with Crippen LogP contribution in [0.25, 0.3) is 27.9 Å². The Kier molecular flexibility index (Phi) is 4.77. The average molecular weight is 422 g/mol. The highest BCUT2D eigenvalue weighted by Crippen LogP contribution is 2.31. The van der Waals surface area contributed by atoms with E-state index in [4.69, 9.17) is 32.0 Å². The second kappa shape index (κ2) is 7.59. The molecule has 1 amide bonds. The molecule has 0 unspecified atom stereocenters. The lowest BCUT2D eigenvalue weighted by Crippen LogP contribution is -2.32. The topological polar surface area (TPSA) is 95.1 Å². The first-order valence-electron chi connectivity index (χ1n) is 9.84. The highest BCUT2D eigenvalue weighted by molar-refractivity contribution is 6.30. The van der Waals surface area contributed by atoms with Crippen molar-refractivity contribution in [3.63, 3.8) is 0 Å². The van der Waals surface area contributed by atoms with Crippen LogP contribution < -0.4 is 11.1 Å². The van der Waals surface area contributed by atoms with Crippen LogP contribution in [0.3, 0.4) is 0 Å². The van der Waals surface area contributed by atoms with Gasteiger partial charge in [-0.15, -0.1) is 0 Å². The Morgan fingerprint density at radius 2 is 2.00 bits per heavy atom. The predicted octanol–water partition coefficient (Wildman–Crippen LogP) is 3.72. The molecular weight excluding hydrogens is 402 g/mol. The Morgan fingerprint density at radius 3 is 2.73 bits per heavy atom. The summed E-state index contributed by atoms with van der Waals surface area (Å²) in [6.45, 7) is 1.16. The Morgan fingerprint density at radius 1 is 1.20 bits per heavy atom. The third kappa shape index (κ3) is 3.26. The van der Waals surface area contributed by atoms with Crippen LogP contribution in [0.5, 0.6) is 0 Å². The van der Waals surface area contributed by atoms with Crippen molar-refractivity contribution in [2.24, 2.45) is 0 Å². The zero-order chi connectivity index (χ0) is 20.7. The SMILES string of the molecule is Nc1c(C(=O)NC[C@H]2CCCO2)c2nc3ccccc3nc2n1-c1cccc(Cl)c1. The molecule has 2 aromatic carbocycles. The van der Waals surface area contributed by atoms with Crippen LogP contribution in [0.4, 0.5) is 5.82 Å². The van der Waals surface area contributed by atoms with Crippen molar-refractivity contribution in [1.82, 2.24) is 19.9 Å². The minimum Gasteiger partial charge on any atom is -0.384 e. The summed E-state index contributed by atoms with van der Waals surface area (Å²) in [6.07, 6.45) is 1.97. The van der Waals surface area contributed by atoms with E-state index < -0.39 is 0 Å². The summed E-state index contributed by atoms with van der Waals surface area (Å²) in [6, 6.07) is 14.8. The quantitative estimate of drug-likeness (QED) is 0.523. The van der Waals surface area contributed by atoms with Gasteiger partial charge in [0.05, 0.1) is 22.8 Å². The molecule has 152 valence electrons. The summed E-state index contributed by atoms with van der Waals surface area (Å²) in [4.78, 5) is 22.6. The Labute approximate surface area is 177 Å². The first-order valence-corrected chi connectivity index (χ1v) is 10.2. The number of benzene rings is 2. The number of para-hydroxylation sites is 2. The van der Waals surface area contributed by atoms with Gasteiger partial charge in [0.2, 0.25) is 0 Å². The van der Waals surface area contributed by atoms with Crippen molar-refractivity contribution >= 4 is 45.5 Å². The second-order valence-electron chi connectivity index (χ2n) is 7.31. The van der Waals surface area contributed by atoms with Gasteiger partial charge >= 0.3 is 0 Å². The van der Waals surface area contributed by atoms with Crippen molar-refractivity contribution in [3.05, 3.63) is 59.1 Å². The smallest absolute Gasteiger partial charge is 0.257 e. The van der Waals surface area contributed by atoms with Gasteiger partial charge in [-0.3, -0.25) is 9.36 Å². The summed E-state index contributed by atoms with van der Waals surface area (Å²) in [5.41, 5.74) is 9.90. The Balaban J connectivity index is 1.67. The molecular formula is C22H20ClN5O2. The molecule has 0 bridgehead atoms. The molecule has 4 aromatic rings. The van der Waals surface area contributed by atoms with Gasteiger partial charge in [-0.1, -0.05) is 29.8 Å². The summed E-state index contributed by atoms with van der Waals surface area (Å²) in [5.74, 6) is -0.0224. The first kappa shape index (κ1) is 18.8. The van der Waals surface area contributed by atoms with Gasteiger partial charge in [0.25, 0.3) is 5.91 Å². The van der Waals surface area contributed by atoms with E-state index in [0.717, 1.165) is 25.0 Å². The number of carbonyl (C=O) groups is 1. The minimum absolute atomic E-state index is 0.0309. The molecule has 0 aliphatic carbocycles. The number of fused-ring (bicyclic) bond motifs is 2. The fraction of sp³-hybridized carbons (Fsp3) is 0.227. The Hall–Kier alpha value is -3.16. The van der Waals surface area contributed by atoms with Gasteiger partial charge in [0.1, 0.15) is 16.9 Å². The van der Waals surface area contributed by atoms with E-state index in [2.05, 4.69) is 5.32 Å². The van der Waals surface area contributed by atoms with E-state index in [1.54, 1.807) is 16.7 Å². The third-order valence-electron chi connectivity index (χ3n) is 5.31. The Bertz CT molecular complexity index is 1260. The molecule has 1 atom stereocenters. The first-order chi connectivity index (χ1) is 14.6. The lowest BCUT2D eigenvalue weighted by Gasteiger charge is -2.11. The molecule has 30 heavy (non-hydrogen) atoms. The van der Waals surface area contributed by atoms with E-state index >= 15 is 0 Å². The molecule has 0 spiro atoms. The van der Waals surface area contributed by atoms with Crippen molar-refractivity contribution in [3.8, 4) is 5.69 Å². The molecule has 0 saturated carbocycles. The molecule has 5 rings (SSSR count). The number of carbonyl (C=O) groups excluding carboxylic acids is 1. The second-order valence-corrected chi connectivity index (χ2v) is 7.74. The number of amides is 1. The van der Waals surface area contributed by atoms with Crippen molar-refractivity contribution in [2.75, 3.05) is 18.9 Å². The number of aromatic nitrogens is 3. The van der Waals surface area contributed by atoms with Gasteiger partial charge in [-0.2, -0.15) is 0 Å². The summed E-state index contributed by atoms with van der Waals surface area (Å²) in [5, 5.41) is 3.51. The normalized spacial score (nSPS) is 16.4. The van der Waals surface area contributed by atoms with Crippen molar-refractivity contribution in [1.29, 1.82) is 0 Å². The zero-order valence-corrected chi connectivity index (χ0v) is 16.9. The molecule has 1 fully saturated rings. The van der Waals surface area contributed by atoms with Crippen LogP contribution in [-0.4, -0.2) is 39.7 Å². The van der Waals surface area contributed by atoms with Crippen LogP contribution in [0.2, 0.25) is 5.02 Å². The lowest BCUT2D eigenvalue weighted by atomic mass is 10.2. The van der Waals surface area contributed by atoms with E-state index in [1.165, 1.54) is 0 Å². The maximum absolute atomic E-state index is 13.1. The number of hydrogen-bond acceptors (Lipinski definition) is 5. The van der Waals surface area contributed by atoms with Gasteiger partial charge in [0, 0.05) is 18.2 Å². The largest absolute Gasteiger partial charge is 0.384 e. The van der Waals surface area contributed by atoms with Crippen LogP contribution in [0.1, 0.15) is 23.2 Å². The highest BCUT2D eigenvalue weighted by atomic mass is 35.5. The monoisotopic (exact) mass is 421 g/mol. The zero-order valence-electron chi connectivity index (χ0n) is 16.1. The molecule has 7 nitrogen and oxygen atoms in total. The van der Waals surface area contributed by atoms with Gasteiger partial charge in [0.15, 0.2) is 5.65 Å². The number of nitrogens with one attached hydrogen (secondary N) is 1. The molecule has 3 N–H and O–H groups in total. The molecule has 1 saturated heterocycles. The number of nitrogens with two attached hydrogens (primary N) is 1. The maximum Gasteiger partial charge on any atom is 0.257 e. The molecule has 8 heteroatoms. The minimum atomic E-state index is -0.293. The number of halogens is 1. The average Bonchev–Trinajstić information content (AvgIpc) is 3.35. The van der Waals surface area contributed by atoms with Crippen LogP contribution in [-0.2, 0) is 4.74 Å². The van der Waals surface area contributed by atoms with Crippen molar-refractivity contribution in [2.45, 2.75) is 18.9 Å². The lowest BCUT2D eigenvalue weighted by molar-refractivity contribution is 0.0859. The number of nitrogens with zero attached hydrogens (tertiary/aromatic N) is 3. The summed E-state index contributed by atoms with van der Waals surface area (Å²) in [7, 11) is 0. The number of nitrogen functional groups attached to an aromatic ring is 1. The number of hydrogen-bond donors (Lipinski definition) is 2. The molecule has 0 radical (unpaired) electrons. The number of ether oxygens (including phenoxy) is 1. The van der Waals surface area contributed by atoms with E-state index in [-0.39, 0.29) is 17.8 Å². The predicted molar refractivity (Wildman–Crippen MR) is 117 cm³/mol. The van der Waals surface area contributed by atoms with Gasteiger partial charge < -0.3 is 15.8 Å². The molecule has 1 aliphatic heterocycles. The standard InChI is InChI=1S/C22H20ClN5O2/c23-13-5-3-6-14(11-13)28-20(24)18(22(29)25-12-15-7-4-10-30-15)19-21(28)27-17-9-2-1-8-16(17)26-19/h1-3,5-6,8-9,11,15H,4,7,10,12,24H2,(H,25,29)/t15-/m1/s1.